The van der Waals surface area contributed by atoms with Gasteiger partial charge in [-0.2, -0.15) is 0 Å². The molecule has 1 aliphatic rings. The summed E-state index contributed by atoms with van der Waals surface area (Å²) < 4.78 is 24.4. The third-order valence-corrected chi connectivity index (χ3v) is 5.60. The highest BCUT2D eigenvalue weighted by molar-refractivity contribution is 5.78. The molecule has 1 amide bonds. The quantitative estimate of drug-likeness (QED) is 0.549. The molecule has 0 unspecified atom stereocenters. The molecule has 0 spiro atoms. The summed E-state index contributed by atoms with van der Waals surface area (Å²) >= 11 is 0. The molecule has 5 nitrogen and oxygen atoms in total. The number of piperazine rings is 1. The number of methoxy groups -OCH3 is 1. The van der Waals surface area contributed by atoms with E-state index in [-0.39, 0.29) is 11.7 Å². The number of amides is 1. The summed E-state index contributed by atoms with van der Waals surface area (Å²) in [5.41, 5.74) is 1.99. The molecule has 1 fully saturated rings. The summed E-state index contributed by atoms with van der Waals surface area (Å²) in [6.45, 7) is 3.80. The van der Waals surface area contributed by atoms with Crippen molar-refractivity contribution in [1.29, 1.82) is 0 Å². The van der Waals surface area contributed by atoms with Gasteiger partial charge in [-0.15, -0.1) is 0 Å². The number of halogens is 1. The molecule has 166 valence electrons. The molecule has 1 heterocycles. The summed E-state index contributed by atoms with van der Waals surface area (Å²) in [4.78, 5) is 16.8. The van der Waals surface area contributed by atoms with Gasteiger partial charge in [0.25, 0.3) is 0 Å². The van der Waals surface area contributed by atoms with Crippen molar-refractivity contribution in [3.63, 3.8) is 0 Å². The van der Waals surface area contributed by atoms with E-state index < -0.39 is 0 Å². The largest absolute Gasteiger partial charge is 0.493 e. The SMILES string of the molecule is COc1ccccc1Oc1cccc(CN2CCN(C(=O)Cc3ccc(F)cc3)CC2)c1. The highest BCUT2D eigenvalue weighted by Gasteiger charge is 2.21. The Hall–Kier alpha value is -3.38. The van der Waals surface area contributed by atoms with Crippen LogP contribution in [0.1, 0.15) is 11.1 Å². The van der Waals surface area contributed by atoms with Crippen LogP contribution in [0.15, 0.2) is 72.8 Å². The van der Waals surface area contributed by atoms with Gasteiger partial charge in [-0.1, -0.05) is 36.4 Å². The summed E-state index contributed by atoms with van der Waals surface area (Å²) in [5.74, 6) is 1.94. The Kier molecular flexibility index (Phi) is 7.02. The van der Waals surface area contributed by atoms with Crippen molar-refractivity contribution < 1.29 is 18.7 Å². The van der Waals surface area contributed by atoms with Crippen molar-refractivity contribution in [1.82, 2.24) is 9.80 Å². The summed E-state index contributed by atoms with van der Waals surface area (Å²) in [7, 11) is 1.63. The van der Waals surface area contributed by atoms with Crippen molar-refractivity contribution >= 4 is 5.91 Å². The number of nitrogens with zero attached hydrogens (tertiary/aromatic N) is 2. The molecule has 0 bridgehead atoms. The van der Waals surface area contributed by atoms with Crippen LogP contribution < -0.4 is 9.47 Å². The zero-order valence-corrected chi connectivity index (χ0v) is 18.2. The van der Waals surface area contributed by atoms with E-state index in [0.29, 0.717) is 31.0 Å². The third kappa shape index (κ3) is 5.65. The number of rotatable bonds is 7. The smallest absolute Gasteiger partial charge is 0.227 e. The van der Waals surface area contributed by atoms with Gasteiger partial charge in [0.1, 0.15) is 11.6 Å². The number of benzene rings is 3. The first kappa shape index (κ1) is 21.8. The van der Waals surface area contributed by atoms with Gasteiger partial charge in [0.2, 0.25) is 5.91 Å². The minimum absolute atomic E-state index is 0.0865. The molecule has 32 heavy (non-hydrogen) atoms. The van der Waals surface area contributed by atoms with Crippen LogP contribution in [0, 0.1) is 5.82 Å². The number of carbonyl (C=O) groups excluding carboxylic acids is 1. The van der Waals surface area contributed by atoms with Gasteiger partial charge in [-0.25, -0.2) is 4.39 Å². The van der Waals surface area contributed by atoms with Crippen LogP contribution in [0.25, 0.3) is 0 Å². The fourth-order valence-corrected chi connectivity index (χ4v) is 3.84. The predicted octanol–water partition coefficient (Wildman–Crippen LogP) is 4.51. The Morgan fingerprint density at radius 2 is 1.59 bits per heavy atom. The number of ether oxygens (including phenoxy) is 2. The monoisotopic (exact) mass is 434 g/mol. The van der Waals surface area contributed by atoms with Crippen LogP contribution in [0.4, 0.5) is 4.39 Å². The van der Waals surface area contributed by atoms with Crippen molar-refractivity contribution in [2.45, 2.75) is 13.0 Å². The lowest BCUT2D eigenvalue weighted by Gasteiger charge is -2.35. The first-order valence-corrected chi connectivity index (χ1v) is 10.7. The Balaban J connectivity index is 1.30. The van der Waals surface area contributed by atoms with Crippen LogP contribution in [-0.2, 0) is 17.8 Å². The molecular weight excluding hydrogens is 407 g/mol. The van der Waals surface area contributed by atoms with Crippen molar-refractivity contribution in [3.05, 3.63) is 89.7 Å². The van der Waals surface area contributed by atoms with E-state index in [4.69, 9.17) is 9.47 Å². The average molecular weight is 435 g/mol. The molecule has 3 aromatic rings. The van der Waals surface area contributed by atoms with Crippen LogP contribution in [-0.4, -0.2) is 49.0 Å². The first-order valence-electron chi connectivity index (χ1n) is 10.7. The molecule has 4 rings (SSSR count). The van der Waals surface area contributed by atoms with E-state index >= 15 is 0 Å². The predicted molar refractivity (Wildman–Crippen MR) is 121 cm³/mol. The Bertz CT molecular complexity index is 1050. The highest BCUT2D eigenvalue weighted by Crippen LogP contribution is 2.31. The maximum atomic E-state index is 13.1. The van der Waals surface area contributed by atoms with Gasteiger partial charge in [0.05, 0.1) is 13.5 Å². The van der Waals surface area contributed by atoms with Gasteiger partial charge in [-0.05, 0) is 47.5 Å². The molecule has 0 aliphatic carbocycles. The van der Waals surface area contributed by atoms with Gasteiger partial charge >= 0.3 is 0 Å². The van der Waals surface area contributed by atoms with Crippen LogP contribution in [0.3, 0.4) is 0 Å². The molecule has 3 aromatic carbocycles. The number of hydrogen-bond acceptors (Lipinski definition) is 4. The summed E-state index contributed by atoms with van der Waals surface area (Å²) in [5, 5.41) is 0. The van der Waals surface area contributed by atoms with Crippen LogP contribution in [0.2, 0.25) is 0 Å². The second-order valence-electron chi connectivity index (χ2n) is 7.86. The lowest BCUT2D eigenvalue weighted by Crippen LogP contribution is -2.48. The molecule has 1 aliphatic heterocycles. The Morgan fingerprint density at radius 1 is 0.875 bits per heavy atom. The van der Waals surface area contributed by atoms with Crippen molar-refractivity contribution in [2.75, 3.05) is 33.3 Å². The van der Waals surface area contributed by atoms with Gasteiger partial charge in [0.15, 0.2) is 11.5 Å². The van der Waals surface area contributed by atoms with Crippen LogP contribution >= 0.6 is 0 Å². The molecule has 0 radical (unpaired) electrons. The van der Waals surface area contributed by atoms with E-state index in [0.717, 1.165) is 36.5 Å². The summed E-state index contributed by atoms with van der Waals surface area (Å²) in [6, 6.07) is 21.8. The van der Waals surface area contributed by atoms with Crippen molar-refractivity contribution in [3.8, 4) is 17.2 Å². The molecule has 0 saturated carbocycles. The number of hydrogen-bond donors (Lipinski definition) is 0. The number of para-hydroxylation sites is 2. The van der Waals surface area contributed by atoms with E-state index in [1.807, 2.05) is 47.4 Å². The Labute approximate surface area is 188 Å². The zero-order valence-electron chi connectivity index (χ0n) is 18.2. The molecule has 1 saturated heterocycles. The molecule has 0 aromatic heterocycles. The molecule has 0 atom stereocenters. The normalized spacial score (nSPS) is 14.2. The van der Waals surface area contributed by atoms with Gasteiger partial charge < -0.3 is 14.4 Å². The van der Waals surface area contributed by atoms with E-state index in [9.17, 15) is 9.18 Å². The highest BCUT2D eigenvalue weighted by atomic mass is 19.1. The van der Waals surface area contributed by atoms with Gasteiger partial charge in [-0.3, -0.25) is 9.69 Å². The Morgan fingerprint density at radius 3 is 2.31 bits per heavy atom. The van der Waals surface area contributed by atoms with Gasteiger partial charge in [0, 0.05) is 32.7 Å². The topological polar surface area (TPSA) is 42.0 Å². The van der Waals surface area contributed by atoms with E-state index in [2.05, 4.69) is 11.0 Å². The van der Waals surface area contributed by atoms with Crippen LogP contribution in [0.5, 0.6) is 17.2 Å². The second-order valence-corrected chi connectivity index (χ2v) is 7.86. The maximum Gasteiger partial charge on any atom is 0.227 e. The third-order valence-electron chi connectivity index (χ3n) is 5.60. The van der Waals surface area contributed by atoms with Crippen molar-refractivity contribution in [2.24, 2.45) is 0 Å². The molecule has 0 N–H and O–H groups in total. The van der Waals surface area contributed by atoms with E-state index in [1.165, 1.54) is 12.1 Å². The molecular formula is C26H27FN2O3. The number of carbonyl (C=O) groups is 1. The fourth-order valence-electron chi connectivity index (χ4n) is 3.84. The average Bonchev–Trinajstić information content (AvgIpc) is 2.81. The standard InChI is InChI=1S/C26H27FN2O3/c1-31-24-7-2-3-8-25(24)32-23-6-4-5-21(17-23)19-28-13-15-29(16-14-28)26(30)18-20-9-11-22(27)12-10-20/h2-12,17H,13-16,18-19H2,1H3. The zero-order chi connectivity index (χ0) is 22.3. The first-order chi connectivity index (χ1) is 15.6. The summed E-state index contributed by atoms with van der Waals surface area (Å²) in [6.07, 6.45) is 0.308. The maximum absolute atomic E-state index is 13.1. The molecule has 6 heteroatoms. The lowest BCUT2D eigenvalue weighted by molar-refractivity contribution is -0.132. The second kappa shape index (κ2) is 10.3. The minimum atomic E-state index is -0.285. The fraction of sp³-hybridized carbons (Fsp3) is 0.269. The lowest BCUT2D eigenvalue weighted by atomic mass is 10.1. The van der Waals surface area contributed by atoms with E-state index in [1.54, 1.807) is 19.2 Å². The minimum Gasteiger partial charge on any atom is -0.493 e.